The van der Waals surface area contributed by atoms with E-state index >= 15 is 0 Å². The predicted octanol–water partition coefficient (Wildman–Crippen LogP) is 1.98. The summed E-state index contributed by atoms with van der Waals surface area (Å²) in [6.07, 6.45) is 0.963. The monoisotopic (exact) mass is 196 g/mol. The van der Waals surface area contributed by atoms with Gasteiger partial charge >= 0.3 is 0 Å². The van der Waals surface area contributed by atoms with Crippen molar-refractivity contribution in [1.82, 2.24) is 0 Å². The fraction of sp³-hybridized carbons (Fsp3) is 0.455. The summed E-state index contributed by atoms with van der Waals surface area (Å²) in [5.74, 6) is 1.40. The zero-order chi connectivity index (χ0) is 10.4. The number of aliphatic hydroxyl groups is 1. The van der Waals surface area contributed by atoms with Crippen LogP contribution in [0, 0.1) is 0 Å². The van der Waals surface area contributed by atoms with Gasteiger partial charge in [-0.1, -0.05) is 13.0 Å². The molecule has 0 aromatic heterocycles. The predicted molar refractivity (Wildman–Crippen MR) is 54.7 cm³/mol. The number of hydrogen-bond acceptors (Lipinski definition) is 3. The van der Waals surface area contributed by atoms with Crippen LogP contribution < -0.4 is 9.47 Å². The van der Waals surface area contributed by atoms with Crippen LogP contribution >= 0.6 is 0 Å². The minimum absolute atomic E-state index is 0.0183. The molecule has 0 spiro atoms. The first-order valence-electron chi connectivity index (χ1n) is 4.72. The zero-order valence-corrected chi connectivity index (χ0v) is 8.62. The van der Waals surface area contributed by atoms with Crippen molar-refractivity contribution in [3.63, 3.8) is 0 Å². The van der Waals surface area contributed by atoms with E-state index in [1.165, 1.54) is 0 Å². The van der Waals surface area contributed by atoms with Crippen LogP contribution in [-0.4, -0.2) is 18.8 Å². The molecule has 3 nitrogen and oxygen atoms in total. The van der Waals surface area contributed by atoms with Gasteiger partial charge in [0.1, 0.15) is 0 Å². The highest BCUT2D eigenvalue weighted by atomic mass is 16.5. The second-order valence-corrected chi connectivity index (χ2v) is 2.99. The van der Waals surface area contributed by atoms with Crippen molar-refractivity contribution in [2.45, 2.75) is 20.0 Å². The molecule has 0 saturated carbocycles. The van der Waals surface area contributed by atoms with Crippen molar-refractivity contribution in [3.8, 4) is 11.5 Å². The molecule has 0 aliphatic rings. The third-order valence-electron chi connectivity index (χ3n) is 1.87. The molecule has 0 heterocycles. The SMILES string of the molecule is CCCOc1ccc(CO)cc1OC. The highest BCUT2D eigenvalue weighted by Gasteiger charge is 2.04. The van der Waals surface area contributed by atoms with Crippen LogP contribution in [0.1, 0.15) is 18.9 Å². The smallest absolute Gasteiger partial charge is 0.161 e. The third-order valence-corrected chi connectivity index (χ3v) is 1.87. The van der Waals surface area contributed by atoms with Crippen LogP contribution in [0.2, 0.25) is 0 Å². The van der Waals surface area contributed by atoms with Crippen LogP contribution in [0.3, 0.4) is 0 Å². The summed E-state index contributed by atoms with van der Waals surface area (Å²) in [5, 5.41) is 8.93. The molecular weight excluding hydrogens is 180 g/mol. The van der Waals surface area contributed by atoms with Crippen molar-refractivity contribution in [2.24, 2.45) is 0 Å². The molecule has 0 fully saturated rings. The van der Waals surface area contributed by atoms with E-state index in [4.69, 9.17) is 14.6 Å². The standard InChI is InChI=1S/C11H16O3/c1-3-6-14-10-5-4-9(8-12)7-11(10)13-2/h4-5,7,12H,3,6,8H2,1-2H3. The van der Waals surface area contributed by atoms with Crippen LogP contribution in [-0.2, 0) is 6.61 Å². The summed E-state index contributed by atoms with van der Waals surface area (Å²) in [5.41, 5.74) is 0.825. The van der Waals surface area contributed by atoms with Gasteiger partial charge in [-0.2, -0.15) is 0 Å². The highest BCUT2D eigenvalue weighted by molar-refractivity contribution is 5.42. The zero-order valence-electron chi connectivity index (χ0n) is 8.62. The molecule has 0 saturated heterocycles. The summed E-state index contributed by atoms with van der Waals surface area (Å²) in [7, 11) is 1.59. The molecule has 1 aromatic carbocycles. The minimum atomic E-state index is 0.0183. The molecule has 0 atom stereocenters. The maximum Gasteiger partial charge on any atom is 0.161 e. The molecule has 1 rings (SSSR count). The van der Waals surface area contributed by atoms with Gasteiger partial charge in [0.25, 0.3) is 0 Å². The molecule has 0 radical (unpaired) electrons. The molecule has 0 amide bonds. The fourth-order valence-corrected chi connectivity index (χ4v) is 1.14. The number of benzene rings is 1. The molecule has 14 heavy (non-hydrogen) atoms. The highest BCUT2D eigenvalue weighted by Crippen LogP contribution is 2.28. The van der Waals surface area contributed by atoms with E-state index in [9.17, 15) is 0 Å². The number of aliphatic hydroxyl groups excluding tert-OH is 1. The van der Waals surface area contributed by atoms with E-state index in [0.717, 1.165) is 17.7 Å². The average Bonchev–Trinajstić information content (AvgIpc) is 2.26. The average molecular weight is 196 g/mol. The summed E-state index contributed by atoms with van der Waals surface area (Å²) in [6.45, 7) is 2.74. The van der Waals surface area contributed by atoms with Crippen molar-refractivity contribution in [2.75, 3.05) is 13.7 Å². The van der Waals surface area contributed by atoms with Crippen LogP contribution in [0.5, 0.6) is 11.5 Å². The molecule has 0 bridgehead atoms. The second-order valence-electron chi connectivity index (χ2n) is 2.99. The van der Waals surface area contributed by atoms with E-state index in [-0.39, 0.29) is 6.61 Å². The minimum Gasteiger partial charge on any atom is -0.493 e. The van der Waals surface area contributed by atoms with Gasteiger partial charge in [0.05, 0.1) is 20.3 Å². The van der Waals surface area contributed by atoms with Crippen LogP contribution in [0.4, 0.5) is 0 Å². The molecule has 0 unspecified atom stereocenters. The largest absolute Gasteiger partial charge is 0.493 e. The topological polar surface area (TPSA) is 38.7 Å². The Morgan fingerprint density at radius 2 is 2.07 bits per heavy atom. The van der Waals surface area contributed by atoms with Crippen molar-refractivity contribution in [1.29, 1.82) is 0 Å². The van der Waals surface area contributed by atoms with E-state index in [1.807, 2.05) is 12.1 Å². The van der Waals surface area contributed by atoms with Gasteiger partial charge in [-0.15, -0.1) is 0 Å². The Morgan fingerprint density at radius 3 is 2.64 bits per heavy atom. The van der Waals surface area contributed by atoms with Gasteiger partial charge in [-0.05, 0) is 24.1 Å². The van der Waals surface area contributed by atoms with Gasteiger partial charge in [0.2, 0.25) is 0 Å². The van der Waals surface area contributed by atoms with Gasteiger partial charge in [-0.25, -0.2) is 0 Å². The van der Waals surface area contributed by atoms with Crippen molar-refractivity contribution >= 4 is 0 Å². The molecule has 78 valence electrons. The van der Waals surface area contributed by atoms with E-state index < -0.39 is 0 Å². The number of ether oxygens (including phenoxy) is 2. The van der Waals surface area contributed by atoms with Gasteiger partial charge in [0, 0.05) is 0 Å². The maximum absolute atomic E-state index is 8.93. The van der Waals surface area contributed by atoms with E-state index in [2.05, 4.69) is 6.92 Å². The number of hydrogen-bond donors (Lipinski definition) is 1. The summed E-state index contributed by atoms with van der Waals surface area (Å²) in [4.78, 5) is 0. The van der Waals surface area contributed by atoms with E-state index in [1.54, 1.807) is 13.2 Å². The molecule has 0 aliphatic heterocycles. The molecule has 1 N–H and O–H groups in total. The Labute approximate surface area is 84.3 Å². The molecular formula is C11H16O3. The Balaban J connectivity index is 2.82. The molecule has 1 aromatic rings. The number of rotatable bonds is 5. The lowest BCUT2D eigenvalue weighted by atomic mass is 10.2. The Bertz CT molecular complexity index is 284. The molecule has 3 heteroatoms. The van der Waals surface area contributed by atoms with E-state index in [0.29, 0.717) is 12.4 Å². The van der Waals surface area contributed by atoms with Crippen molar-refractivity contribution < 1.29 is 14.6 Å². The summed E-state index contributed by atoms with van der Waals surface area (Å²) in [6, 6.07) is 5.43. The van der Waals surface area contributed by atoms with Gasteiger partial charge in [0.15, 0.2) is 11.5 Å². The Morgan fingerprint density at radius 1 is 1.29 bits per heavy atom. The first-order chi connectivity index (χ1) is 6.81. The number of methoxy groups -OCH3 is 1. The van der Waals surface area contributed by atoms with Gasteiger partial charge in [-0.3, -0.25) is 0 Å². The lowest BCUT2D eigenvalue weighted by Gasteiger charge is -2.10. The first-order valence-corrected chi connectivity index (χ1v) is 4.72. The summed E-state index contributed by atoms with van der Waals surface area (Å²) < 4.78 is 10.6. The lowest BCUT2D eigenvalue weighted by molar-refractivity contribution is 0.277. The maximum atomic E-state index is 8.93. The Kier molecular flexibility index (Phi) is 4.26. The quantitative estimate of drug-likeness (QED) is 0.782. The Hall–Kier alpha value is -1.22. The lowest BCUT2D eigenvalue weighted by Crippen LogP contribution is -1.98. The van der Waals surface area contributed by atoms with Crippen molar-refractivity contribution in [3.05, 3.63) is 23.8 Å². The van der Waals surface area contributed by atoms with Crippen LogP contribution in [0.15, 0.2) is 18.2 Å². The second kappa shape index (κ2) is 5.50. The normalized spacial score (nSPS) is 9.93. The first kappa shape index (κ1) is 10.9. The molecule has 0 aliphatic carbocycles. The third kappa shape index (κ3) is 2.64. The van der Waals surface area contributed by atoms with Gasteiger partial charge < -0.3 is 14.6 Å². The fourth-order valence-electron chi connectivity index (χ4n) is 1.14. The van der Waals surface area contributed by atoms with Crippen LogP contribution in [0.25, 0.3) is 0 Å². The summed E-state index contributed by atoms with van der Waals surface area (Å²) >= 11 is 0.